The van der Waals surface area contributed by atoms with Gasteiger partial charge in [0.2, 0.25) is 5.89 Å². The van der Waals surface area contributed by atoms with E-state index in [2.05, 4.69) is 17.1 Å². The molecule has 1 saturated carbocycles. The Morgan fingerprint density at radius 1 is 1.33 bits per heavy atom. The summed E-state index contributed by atoms with van der Waals surface area (Å²) in [5.41, 5.74) is -0.800. The van der Waals surface area contributed by atoms with E-state index < -0.39 is 5.41 Å². The Balaban J connectivity index is 2.25. The van der Waals surface area contributed by atoms with Gasteiger partial charge >= 0.3 is 5.97 Å². The van der Waals surface area contributed by atoms with Crippen LogP contribution < -0.4 is 0 Å². The highest BCUT2D eigenvalue weighted by Gasteiger charge is 2.44. The van der Waals surface area contributed by atoms with Gasteiger partial charge in [0, 0.05) is 5.92 Å². The van der Waals surface area contributed by atoms with Crippen LogP contribution in [0, 0.1) is 5.92 Å². The first-order valence-electron chi connectivity index (χ1n) is 8.08. The highest BCUT2D eigenvalue weighted by molar-refractivity contribution is 5.81. The zero-order valence-electron chi connectivity index (χ0n) is 13.5. The average Bonchev–Trinajstić information content (AvgIpc) is 3.10. The third-order valence-corrected chi connectivity index (χ3v) is 4.78. The first-order valence-corrected chi connectivity index (χ1v) is 8.08. The lowest BCUT2D eigenvalue weighted by Crippen LogP contribution is -2.37. The summed E-state index contributed by atoms with van der Waals surface area (Å²) >= 11 is 0. The summed E-state index contributed by atoms with van der Waals surface area (Å²) in [6, 6.07) is 0. The number of ether oxygens (including phenoxy) is 1. The van der Waals surface area contributed by atoms with Gasteiger partial charge in [0.05, 0.1) is 6.61 Å². The van der Waals surface area contributed by atoms with Crippen LogP contribution in [0.4, 0.5) is 0 Å². The van der Waals surface area contributed by atoms with Crippen molar-refractivity contribution >= 4 is 5.97 Å². The highest BCUT2D eigenvalue weighted by Crippen LogP contribution is 2.38. The van der Waals surface area contributed by atoms with Crippen molar-refractivity contribution in [2.24, 2.45) is 5.92 Å². The second kappa shape index (κ2) is 6.58. The van der Waals surface area contributed by atoms with E-state index in [1.807, 2.05) is 20.8 Å². The summed E-state index contributed by atoms with van der Waals surface area (Å²) < 4.78 is 10.7. The van der Waals surface area contributed by atoms with Crippen LogP contribution in [0.3, 0.4) is 0 Å². The average molecular weight is 294 g/mol. The molecule has 118 valence electrons. The standard InChI is InChI=1S/C16H26N2O3/c1-5-16(6-2,15(19)20-7-3)14-17-13(18-21-14)12-9-8-11(4)10-12/h11-12H,5-10H2,1-4H3. The fourth-order valence-corrected chi connectivity index (χ4v) is 3.23. The molecule has 0 bridgehead atoms. The summed E-state index contributed by atoms with van der Waals surface area (Å²) in [6.45, 7) is 8.35. The van der Waals surface area contributed by atoms with E-state index in [0.29, 0.717) is 37.2 Å². The zero-order chi connectivity index (χ0) is 15.5. The van der Waals surface area contributed by atoms with Crippen molar-refractivity contribution in [3.8, 4) is 0 Å². The topological polar surface area (TPSA) is 65.2 Å². The molecule has 0 radical (unpaired) electrons. The molecule has 0 N–H and O–H groups in total. The second-order valence-corrected chi connectivity index (χ2v) is 6.08. The molecule has 1 fully saturated rings. The number of carbonyl (C=O) groups excluding carboxylic acids is 1. The predicted octanol–water partition coefficient (Wildman–Crippen LogP) is 3.59. The van der Waals surface area contributed by atoms with Crippen molar-refractivity contribution in [1.82, 2.24) is 10.1 Å². The molecule has 1 aromatic rings. The van der Waals surface area contributed by atoms with Gasteiger partial charge in [0.25, 0.3) is 0 Å². The van der Waals surface area contributed by atoms with Crippen molar-refractivity contribution in [3.63, 3.8) is 0 Å². The van der Waals surface area contributed by atoms with Gasteiger partial charge in [0.1, 0.15) is 5.41 Å². The van der Waals surface area contributed by atoms with E-state index in [0.717, 1.165) is 18.7 Å². The Morgan fingerprint density at radius 2 is 2.05 bits per heavy atom. The maximum Gasteiger partial charge on any atom is 0.321 e. The van der Waals surface area contributed by atoms with Gasteiger partial charge < -0.3 is 9.26 Å². The number of esters is 1. The fourth-order valence-electron chi connectivity index (χ4n) is 3.23. The van der Waals surface area contributed by atoms with Crippen LogP contribution in [-0.4, -0.2) is 22.7 Å². The molecule has 0 aromatic carbocycles. The van der Waals surface area contributed by atoms with Gasteiger partial charge in [-0.3, -0.25) is 4.79 Å². The summed E-state index contributed by atoms with van der Waals surface area (Å²) in [4.78, 5) is 16.9. The smallest absolute Gasteiger partial charge is 0.321 e. The lowest BCUT2D eigenvalue weighted by atomic mass is 9.82. The first-order chi connectivity index (χ1) is 10.1. The quantitative estimate of drug-likeness (QED) is 0.750. The molecular formula is C16H26N2O3. The van der Waals surface area contributed by atoms with Crippen molar-refractivity contribution in [1.29, 1.82) is 0 Å². The molecule has 1 aliphatic rings. The largest absolute Gasteiger partial charge is 0.465 e. The fraction of sp³-hybridized carbons (Fsp3) is 0.812. The lowest BCUT2D eigenvalue weighted by Gasteiger charge is -2.24. The van der Waals surface area contributed by atoms with E-state index in [9.17, 15) is 4.79 Å². The molecule has 0 saturated heterocycles. The predicted molar refractivity (Wildman–Crippen MR) is 78.9 cm³/mol. The number of nitrogens with zero attached hydrogens (tertiary/aromatic N) is 2. The summed E-state index contributed by atoms with van der Waals surface area (Å²) in [5.74, 6) is 1.99. The Bertz CT molecular complexity index is 480. The van der Waals surface area contributed by atoms with Crippen molar-refractivity contribution in [2.75, 3.05) is 6.61 Å². The van der Waals surface area contributed by atoms with Gasteiger partial charge in [0.15, 0.2) is 5.82 Å². The Kier molecular flexibility index (Phi) is 5.01. The molecular weight excluding hydrogens is 268 g/mol. The van der Waals surface area contributed by atoms with Crippen molar-refractivity contribution < 1.29 is 14.1 Å². The molecule has 1 aromatic heterocycles. The van der Waals surface area contributed by atoms with Crippen LogP contribution in [0.1, 0.15) is 77.4 Å². The van der Waals surface area contributed by atoms with Gasteiger partial charge in [-0.15, -0.1) is 0 Å². The Labute approximate surface area is 126 Å². The minimum atomic E-state index is -0.800. The molecule has 0 spiro atoms. The molecule has 21 heavy (non-hydrogen) atoms. The van der Waals surface area contributed by atoms with Crippen LogP contribution in [0.2, 0.25) is 0 Å². The summed E-state index contributed by atoms with van der Waals surface area (Å²) in [5, 5.41) is 4.14. The maximum absolute atomic E-state index is 12.4. The molecule has 2 unspecified atom stereocenters. The van der Waals surface area contributed by atoms with Gasteiger partial charge in [-0.1, -0.05) is 25.9 Å². The number of carbonyl (C=O) groups is 1. The SMILES string of the molecule is CCOC(=O)C(CC)(CC)c1nc(C2CCC(C)C2)no1. The van der Waals surface area contributed by atoms with E-state index in [-0.39, 0.29) is 5.97 Å². The maximum atomic E-state index is 12.4. The van der Waals surface area contributed by atoms with Crippen LogP contribution in [-0.2, 0) is 14.9 Å². The van der Waals surface area contributed by atoms with Gasteiger partial charge in [-0.2, -0.15) is 4.98 Å². The molecule has 1 heterocycles. The number of aromatic nitrogens is 2. The van der Waals surface area contributed by atoms with E-state index >= 15 is 0 Å². The van der Waals surface area contributed by atoms with Crippen molar-refractivity contribution in [2.45, 2.75) is 71.1 Å². The molecule has 5 heteroatoms. The highest BCUT2D eigenvalue weighted by atomic mass is 16.5. The van der Waals surface area contributed by atoms with Crippen LogP contribution >= 0.6 is 0 Å². The third-order valence-electron chi connectivity index (χ3n) is 4.78. The molecule has 1 aliphatic carbocycles. The molecule has 5 nitrogen and oxygen atoms in total. The number of rotatable bonds is 6. The minimum absolute atomic E-state index is 0.259. The minimum Gasteiger partial charge on any atom is -0.465 e. The Morgan fingerprint density at radius 3 is 2.57 bits per heavy atom. The molecule has 0 amide bonds. The normalized spacial score (nSPS) is 22.5. The summed E-state index contributed by atoms with van der Waals surface area (Å²) in [7, 11) is 0. The third kappa shape index (κ3) is 2.97. The molecule has 2 atom stereocenters. The van der Waals surface area contributed by atoms with Crippen LogP contribution in [0.15, 0.2) is 4.52 Å². The van der Waals surface area contributed by atoms with Crippen LogP contribution in [0.5, 0.6) is 0 Å². The van der Waals surface area contributed by atoms with Gasteiger partial charge in [-0.05, 0) is 44.9 Å². The molecule has 2 rings (SSSR count). The molecule has 0 aliphatic heterocycles. The van der Waals surface area contributed by atoms with Crippen molar-refractivity contribution in [3.05, 3.63) is 11.7 Å². The lowest BCUT2D eigenvalue weighted by molar-refractivity contribution is -0.151. The van der Waals surface area contributed by atoms with E-state index in [1.54, 1.807) is 0 Å². The zero-order valence-corrected chi connectivity index (χ0v) is 13.5. The van der Waals surface area contributed by atoms with E-state index in [1.165, 1.54) is 6.42 Å². The Hall–Kier alpha value is -1.39. The summed E-state index contributed by atoms with van der Waals surface area (Å²) in [6.07, 6.45) is 4.61. The number of hydrogen-bond acceptors (Lipinski definition) is 5. The van der Waals surface area contributed by atoms with E-state index in [4.69, 9.17) is 9.26 Å². The van der Waals surface area contributed by atoms with Gasteiger partial charge in [-0.25, -0.2) is 0 Å². The first kappa shape index (κ1) is 16.0. The number of hydrogen-bond donors (Lipinski definition) is 0. The second-order valence-electron chi connectivity index (χ2n) is 6.08. The monoisotopic (exact) mass is 294 g/mol. The van der Waals surface area contributed by atoms with Crippen LogP contribution in [0.25, 0.3) is 0 Å².